The fraction of sp³-hybridized carbons (Fsp3) is 0.438. The second-order valence-electron chi connectivity index (χ2n) is 5.56. The van der Waals surface area contributed by atoms with E-state index in [1.807, 2.05) is 6.07 Å². The van der Waals surface area contributed by atoms with Gasteiger partial charge in [-0.1, -0.05) is 18.2 Å². The summed E-state index contributed by atoms with van der Waals surface area (Å²) in [6, 6.07) is 10.5. The number of hydrogen-bond donors (Lipinski definition) is 1. The van der Waals surface area contributed by atoms with Gasteiger partial charge in [0.25, 0.3) is 0 Å². The standard InChI is InChI=1S/C16H19ClN2/c1-12-9-13(10-18-16(11-17)7-4-8-16)14-5-2-3-6-15(14)19-12/h2-3,5-6,9,18H,4,7-8,10-11H2,1H3. The third-order valence-electron chi connectivity index (χ3n) is 4.15. The number of alkyl halides is 1. The van der Waals surface area contributed by atoms with Crippen molar-refractivity contribution in [3.8, 4) is 0 Å². The van der Waals surface area contributed by atoms with E-state index in [0.717, 1.165) is 17.8 Å². The van der Waals surface area contributed by atoms with Crippen LogP contribution in [0.15, 0.2) is 30.3 Å². The normalized spacial score (nSPS) is 17.4. The van der Waals surface area contributed by atoms with Gasteiger partial charge < -0.3 is 5.32 Å². The Labute approximate surface area is 119 Å². The lowest BCUT2D eigenvalue weighted by Gasteiger charge is -2.41. The van der Waals surface area contributed by atoms with Crippen LogP contribution < -0.4 is 5.32 Å². The third-order valence-corrected chi connectivity index (χ3v) is 4.66. The quantitative estimate of drug-likeness (QED) is 0.858. The number of aromatic nitrogens is 1. The van der Waals surface area contributed by atoms with E-state index in [-0.39, 0.29) is 5.54 Å². The van der Waals surface area contributed by atoms with E-state index < -0.39 is 0 Å². The summed E-state index contributed by atoms with van der Waals surface area (Å²) in [7, 11) is 0. The van der Waals surface area contributed by atoms with E-state index in [2.05, 4.69) is 41.5 Å². The Kier molecular flexibility index (Phi) is 3.46. The molecule has 100 valence electrons. The topological polar surface area (TPSA) is 24.9 Å². The van der Waals surface area contributed by atoms with Gasteiger partial charge in [0.05, 0.1) is 5.52 Å². The number of aryl methyl sites for hydroxylation is 1. The smallest absolute Gasteiger partial charge is 0.0708 e. The Morgan fingerprint density at radius 2 is 2.11 bits per heavy atom. The number of rotatable bonds is 4. The maximum absolute atomic E-state index is 6.10. The Morgan fingerprint density at radius 3 is 2.79 bits per heavy atom. The molecule has 0 atom stereocenters. The molecule has 1 saturated carbocycles. The van der Waals surface area contributed by atoms with E-state index in [9.17, 15) is 0 Å². The van der Waals surface area contributed by atoms with E-state index in [1.54, 1.807) is 0 Å². The molecule has 2 nitrogen and oxygen atoms in total. The molecule has 0 spiro atoms. The second kappa shape index (κ2) is 5.10. The molecule has 1 fully saturated rings. The number of nitrogens with one attached hydrogen (secondary N) is 1. The first-order valence-corrected chi connectivity index (χ1v) is 7.42. The molecule has 1 heterocycles. The van der Waals surface area contributed by atoms with Crippen molar-refractivity contribution in [2.24, 2.45) is 0 Å². The fourth-order valence-corrected chi connectivity index (χ4v) is 3.15. The van der Waals surface area contributed by atoms with Crippen LogP contribution in [0, 0.1) is 6.92 Å². The van der Waals surface area contributed by atoms with Crippen molar-refractivity contribution in [3.05, 3.63) is 41.6 Å². The molecule has 1 aromatic heterocycles. The minimum absolute atomic E-state index is 0.167. The Morgan fingerprint density at radius 1 is 1.32 bits per heavy atom. The lowest BCUT2D eigenvalue weighted by atomic mass is 9.78. The minimum atomic E-state index is 0.167. The highest BCUT2D eigenvalue weighted by atomic mass is 35.5. The lowest BCUT2D eigenvalue weighted by Crippen LogP contribution is -2.52. The van der Waals surface area contributed by atoms with Gasteiger partial charge in [-0.05, 0) is 43.9 Å². The van der Waals surface area contributed by atoms with Gasteiger partial charge in [-0.25, -0.2) is 0 Å². The SMILES string of the molecule is Cc1cc(CNC2(CCl)CCC2)c2ccccc2n1. The molecule has 1 aromatic carbocycles. The first kappa shape index (κ1) is 12.9. The monoisotopic (exact) mass is 274 g/mol. The molecule has 1 N–H and O–H groups in total. The number of fused-ring (bicyclic) bond motifs is 1. The van der Waals surface area contributed by atoms with Gasteiger partial charge in [-0.2, -0.15) is 0 Å². The minimum Gasteiger partial charge on any atom is -0.306 e. The summed E-state index contributed by atoms with van der Waals surface area (Å²) in [5.41, 5.74) is 3.64. The van der Waals surface area contributed by atoms with Gasteiger partial charge >= 0.3 is 0 Å². The summed E-state index contributed by atoms with van der Waals surface area (Å²) in [5.74, 6) is 0.703. The van der Waals surface area contributed by atoms with Crippen LogP contribution in [0.3, 0.4) is 0 Å². The third kappa shape index (κ3) is 2.47. The molecule has 19 heavy (non-hydrogen) atoms. The molecule has 0 amide bonds. The molecule has 0 radical (unpaired) electrons. The zero-order chi connectivity index (χ0) is 13.3. The summed E-state index contributed by atoms with van der Waals surface area (Å²) in [5, 5.41) is 4.90. The highest BCUT2D eigenvalue weighted by molar-refractivity contribution is 6.18. The van der Waals surface area contributed by atoms with Crippen LogP contribution >= 0.6 is 11.6 Å². The number of para-hydroxylation sites is 1. The number of nitrogens with zero attached hydrogens (tertiary/aromatic N) is 1. The first-order valence-electron chi connectivity index (χ1n) is 6.89. The van der Waals surface area contributed by atoms with Crippen molar-refractivity contribution in [3.63, 3.8) is 0 Å². The van der Waals surface area contributed by atoms with Gasteiger partial charge in [-0.15, -0.1) is 11.6 Å². The lowest BCUT2D eigenvalue weighted by molar-refractivity contribution is 0.211. The summed E-state index contributed by atoms with van der Waals surface area (Å²) in [6.07, 6.45) is 3.67. The number of pyridine rings is 1. The zero-order valence-corrected chi connectivity index (χ0v) is 12.0. The van der Waals surface area contributed by atoms with E-state index in [4.69, 9.17) is 11.6 Å². The van der Waals surface area contributed by atoms with Crippen molar-refractivity contribution in [2.75, 3.05) is 5.88 Å². The summed E-state index contributed by atoms with van der Waals surface area (Å²) in [6.45, 7) is 2.92. The van der Waals surface area contributed by atoms with Crippen molar-refractivity contribution < 1.29 is 0 Å². The fourth-order valence-electron chi connectivity index (χ4n) is 2.79. The molecule has 0 unspecified atom stereocenters. The van der Waals surface area contributed by atoms with Gasteiger partial charge in [0.2, 0.25) is 0 Å². The molecule has 0 aliphatic heterocycles. The first-order chi connectivity index (χ1) is 9.22. The van der Waals surface area contributed by atoms with Crippen molar-refractivity contribution >= 4 is 22.5 Å². The largest absolute Gasteiger partial charge is 0.306 e. The molecule has 0 saturated heterocycles. The van der Waals surface area contributed by atoms with Crippen LogP contribution in [0.5, 0.6) is 0 Å². The molecule has 2 aromatic rings. The highest BCUT2D eigenvalue weighted by Gasteiger charge is 2.35. The number of benzene rings is 1. The molecule has 3 heteroatoms. The summed E-state index contributed by atoms with van der Waals surface area (Å²) in [4.78, 5) is 4.58. The van der Waals surface area contributed by atoms with Gasteiger partial charge in [0.15, 0.2) is 0 Å². The molecule has 1 aliphatic carbocycles. The van der Waals surface area contributed by atoms with Crippen LogP contribution in [0.25, 0.3) is 10.9 Å². The maximum Gasteiger partial charge on any atom is 0.0708 e. The molecule has 1 aliphatic rings. The van der Waals surface area contributed by atoms with E-state index in [1.165, 1.54) is 30.2 Å². The zero-order valence-electron chi connectivity index (χ0n) is 11.2. The van der Waals surface area contributed by atoms with Crippen LogP contribution in [-0.4, -0.2) is 16.4 Å². The van der Waals surface area contributed by atoms with Crippen molar-refractivity contribution in [2.45, 2.75) is 38.3 Å². The van der Waals surface area contributed by atoms with Gasteiger partial charge in [0.1, 0.15) is 0 Å². The second-order valence-corrected chi connectivity index (χ2v) is 5.83. The van der Waals surface area contributed by atoms with Crippen LogP contribution in [0.1, 0.15) is 30.5 Å². The van der Waals surface area contributed by atoms with Crippen LogP contribution in [0.2, 0.25) is 0 Å². The van der Waals surface area contributed by atoms with E-state index >= 15 is 0 Å². The van der Waals surface area contributed by atoms with Crippen LogP contribution in [0.4, 0.5) is 0 Å². The van der Waals surface area contributed by atoms with Crippen LogP contribution in [-0.2, 0) is 6.54 Å². The molecular formula is C16H19ClN2. The predicted octanol–water partition coefficient (Wildman–Crippen LogP) is 3.79. The average molecular weight is 275 g/mol. The van der Waals surface area contributed by atoms with Gasteiger partial charge in [0, 0.05) is 29.0 Å². The average Bonchev–Trinajstić information content (AvgIpc) is 2.37. The molecule has 3 rings (SSSR count). The number of halogens is 1. The summed E-state index contributed by atoms with van der Waals surface area (Å²) < 4.78 is 0. The van der Waals surface area contributed by atoms with E-state index in [0.29, 0.717) is 5.88 Å². The highest BCUT2D eigenvalue weighted by Crippen LogP contribution is 2.33. The molecule has 0 bridgehead atoms. The van der Waals surface area contributed by atoms with Crippen molar-refractivity contribution in [1.82, 2.24) is 10.3 Å². The van der Waals surface area contributed by atoms with Gasteiger partial charge in [-0.3, -0.25) is 4.98 Å². The molecular weight excluding hydrogens is 256 g/mol. The van der Waals surface area contributed by atoms with Crippen molar-refractivity contribution in [1.29, 1.82) is 0 Å². The maximum atomic E-state index is 6.10. The summed E-state index contributed by atoms with van der Waals surface area (Å²) >= 11 is 6.10. The Hall–Kier alpha value is -1.12. The Balaban J connectivity index is 1.88. The Bertz CT molecular complexity index is 585. The predicted molar refractivity (Wildman–Crippen MR) is 80.6 cm³/mol. The number of hydrogen-bond acceptors (Lipinski definition) is 2.